The Morgan fingerprint density at radius 1 is 0.390 bits per heavy atom. The fraction of sp³-hybridized carbons (Fsp3) is 0.400. The summed E-state index contributed by atoms with van der Waals surface area (Å²) >= 11 is 0. The normalized spacial score (nSPS) is 13.1. The van der Waals surface area contributed by atoms with Gasteiger partial charge in [0.15, 0.2) is 23.1 Å². The average molecular weight is 704 g/mol. The van der Waals surface area contributed by atoms with Gasteiger partial charge in [-0.05, 0) is 75.0 Å². The molecule has 0 fully saturated rings. The molecule has 0 rings (SSSR count). The van der Waals surface area contributed by atoms with Gasteiger partial charge in [0.1, 0.15) is 0 Å². The van der Waals surface area contributed by atoms with E-state index in [4.69, 9.17) is 0 Å². The maximum absolute atomic E-state index is 11.3. The average Bonchev–Trinajstić information content (AvgIpc) is 2.64. The summed E-state index contributed by atoms with van der Waals surface area (Å²) in [5, 5.41) is 39.5. The zero-order valence-electron chi connectivity index (χ0n) is 20.6. The van der Waals surface area contributed by atoms with Crippen LogP contribution in [0.3, 0.4) is 0 Å². The number of allylic oxidation sites excluding steroid dienone is 8. The van der Waals surface area contributed by atoms with Gasteiger partial charge >= 0.3 is 50.9 Å². The number of halogens is 12. The molecule has 0 atom stereocenters. The number of carbonyl (C=O) groups excluding carboxylic acids is 4. The summed E-state index contributed by atoms with van der Waals surface area (Å²) < 4.78 is 135. The molecule has 41 heavy (non-hydrogen) atoms. The van der Waals surface area contributed by atoms with E-state index in [2.05, 4.69) is 0 Å². The number of rotatable bonds is 4. The van der Waals surface area contributed by atoms with Gasteiger partial charge in [0.05, 0.1) is 0 Å². The quantitative estimate of drug-likeness (QED) is 0.242. The maximum Gasteiger partial charge on any atom is 4.00 e. The fourth-order valence-corrected chi connectivity index (χ4v) is 1.07. The van der Waals surface area contributed by atoms with Crippen molar-refractivity contribution < 1.29 is 118 Å². The third kappa shape index (κ3) is 33.0. The summed E-state index contributed by atoms with van der Waals surface area (Å²) in [5.41, 5.74) is 0. The Labute approximate surface area is 241 Å². The Hall–Kier alpha value is -3.12. The zero-order valence-corrected chi connectivity index (χ0v) is 23.1. The predicted molar refractivity (Wildman–Crippen MR) is 99.3 cm³/mol. The van der Waals surface area contributed by atoms with Gasteiger partial charge in [-0.15, -0.1) is 0 Å². The van der Waals surface area contributed by atoms with E-state index in [0.717, 1.165) is 27.7 Å². The van der Waals surface area contributed by atoms with Gasteiger partial charge in [0, 0.05) is 0 Å². The number of ketones is 4. The van der Waals surface area contributed by atoms with Crippen LogP contribution >= 0.6 is 0 Å². The molecule has 0 saturated heterocycles. The van der Waals surface area contributed by atoms with Gasteiger partial charge in [-0.2, -0.15) is 52.7 Å². The Bertz CT molecular complexity index is 840. The molecule has 0 unspecified atom stereocenters. The zero-order chi connectivity index (χ0) is 33.4. The van der Waals surface area contributed by atoms with Crippen LogP contribution in [0.5, 0.6) is 0 Å². The van der Waals surface area contributed by atoms with E-state index in [1.54, 1.807) is 0 Å². The molecule has 0 heterocycles. The maximum atomic E-state index is 11.3. The second-order valence-corrected chi connectivity index (χ2v) is 6.47. The summed E-state index contributed by atoms with van der Waals surface area (Å²) in [6.45, 7) is 3.51. The minimum atomic E-state index is -4.92. The van der Waals surface area contributed by atoms with Gasteiger partial charge in [-0.25, -0.2) is 0 Å². The third-order valence-electron chi connectivity index (χ3n) is 2.45. The van der Waals surface area contributed by atoms with Crippen LogP contribution in [-0.2, 0) is 45.4 Å². The standard InChI is InChI=1S/4C5H5F3O2.Zr/c4*1-3(9)2-4(10)5(6,7)8;/h4*2,10H,1H3;/q;;;;+4/p-4. The molecule has 0 bridgehead atoms. The molecule has 0 aliphatic heterocycles. The van der Waals surface area contributed by atoms with Crippen molar-refractivity contribution in [2.45, 2.75) is 52.4 Å². The molecule has 8 nitrogen and oxygen atoms in total. The van der Waals surface area contributed by atoms with Gasteiger partial charge in [-0.1, -0.05) is 0 Å². The molecule has 0 spiro atoms. The molecule has 0 aromatic heterocycles. The van der Waals surface area contributed by atoms with E-state index in [9.17, 15) is 92.3 Å². The van der Waals surface area contributed by atoms with E-state index >= 15 is 0 Å². The van der Waals surface area contributed by atoms with Gasteiger partial charge in [0.25, 0.3) is 0 Å². The summed E-state index contributed by atoms with van der Waals surface area (Å²) in [6, 6.07) is 0. The van der Waals surface area contributed by atoms with Crippen LogP contribution in [0.25, 0.3) is 0 Å². The first-order valence-corrected chi connectivity index (χ1v) is 9.21. The first-order chi connectivity index (χ1) is 17.3. The third-order valence-corrected chi connectivity index (χ3v) is 2.45. The fourth-order valence-electron chi connectivity index (χ4n) is 1.07. The predicted octanol–water partition coefficient (Wildman–Crippen LogP) is 1.53. The van der Waals surface area contributed by atoms with Crippen LogP contribution in [0, 0.1) is 0 Å². The topological polar surface area (TPSA) is 161 Å². The number of alkyl halides is 12. The monoisotopic (exact) mass is 702 g/mol. The van der Waals surface area contributed by atoms with E-state index in [-0.39, 0.29) is 50.5 Å². The molecular formula is C20H16F12O8Zr. The van der Waals surface area contributed by atoms with Gasteiger partial charge in [-0.3, -0.25) is 19.2 Å². The SMILES string of the molecule is CC(=O)C=C([O-])C(F)(F)F.CC(=O)C=C([O-])C(F)(F)F.CC(=O)C=C([O-])C(F)(F)F.CC(=O)C=C([O-])C(F)(F)F.[Zr+4]. The number of hydrogen-bond acceptors (Lipinski definition) is 8. The van der Waals surface area contributed by atoms with E-state index in [1.165, 1.54) is 0 Å². The van der Waals surface area contributed by atoms with E-state index in [1.807, 2.05) is 0 Å². The van der Waals surface area contributed by atoms with Crippen molar-refractivity contribution >= 4 is 23.1 Å². The molecule has 0 radical (unpaired) electrons. The van der Waals surface area contributed by atoms with Gasteiger partial charge < -0.3 is 20.4 Å². The van der Waals surface area contributed by atoms with Crippen molar-refractivity contribution in [3.8, 4) is 0 Å². The van der Waals surface area contributed by atoms with Crippen LogP contribution in [0.15, 0.2) is 47.3 Å². The van der Waals surface area contributed by atoms with Crippen LogP contribution in [0.2, 0.25) is 0 Å². The molecule has 21 heteroatoms. The van der Waals surface area contributed by atoms with Crippen molar-refractivity contribution in [3.63, 3.8) is 0 Å². The smallest absolute Gasteiger partial charge is 0.869 e. The van der Waals surface area contributed by atoms with Crippen molar-refractivity contribution in [1.29, 1.82) is 0 Å². The minimum absolute atomic E-state index is 0. The summed E-state index contributed by atoms with van der Waals surface area (Å²) in [6.07, 6.45) is -19.6. The Morgan fingerprint density at radius 3 is 0.512 bits per heavy atom. The Balaban J connectivity index is -0.000000139. The Morgan fingerprint density at radius 2 is 0.488 bits per heavy atom. The van der Waals surface area contributed by atoms with E-state index < -0.39 is 70.9 Å². The summed E-state index contributed by atoms with van der Waals surface area (Å²) in [4.78, 5) is 39.7. The summed E-state index contributed by atoms with van der Waals surface area (Å²) in [7, 11) is 0. The number of hydrogen-bond donors (Lipinski definition) is 0. The Kier molecular flexibility index (Phi) is 23.1. The molecule has 0 saturated carbocycles. The molecule has 0 aromatic carbocycles. The first kappa shape index (κ1) is 47.7. The molecule has 0 amide bonds. The molecule has 0 aliphatic carbocycles. The molecule has 0 N–H and O–H groups in total. The molecule has 0 aliphatic rings. The van der Waals surface area contributed by atoms with E-state index in [0.29, 0.717) is 0 Å². The molecular weight excluding hydrogens is 687 g/mol. The first-order valence-electron chi connectivity index (χ1n) is 9.21. The number of carbonyl (C=O) groups is 4. The van der Waals surface area contributed by atoms with Crippen LogP contribution in [0.4, 0.5) is 52.7 Å². The molecule has 0 aromatic rings. The van der Waals surface area contributed by atoms with Crippen LogP contribution in [-0.4, -0.2) is 47.8 Å². The largest absolute Gasteiger partial charge is 4.00 e. The molecule has 232 valence electrons. The van der Waals surface area contributed by atoms with Crippen LogP contribution < -0.4 is 20.4 Å². The van der Waals surface area contributed by atoms with Crippen molar-refractivity contribution in [2.24, 2.45) is 0 Å². The van der Waals surface area contributed by atoms with Crippen molar-refractivity contribution in [1.82, 2.24) is 0 Å². The van der Waals surface area contributed by atoms with Crippen LogP contribution in [0.1, 0.15) is 27.7 Å². The van der Waals surface area contributed by atoms with Gasteiger partial charge in [0.2, 0.25) is 0 Å². The second kappa shape index (κ2) is 19.9. The minimum Gasteiger partial charge on any atom is -0.869 e. The second-order valence-electron chi connectivity index (χ2n) is 6.47. The summed E-state index contributed by atoms with van der Waals surface area (Å²) in [5.74, 6) is -12.0. The van der Waals surface area contributed by atoms with Crippen molar-refractivity contribution in [3.05, 3.63) is 47.3 Å². The van der Waals surface area contributed by atoms with Crippen molar-refractivity contribution in [2.75, 3.05) is 0 Å².